The molecule has 3 aromatic rings. The summed E-state index contributed by atoms with van der Waals surface area (Å²) in [7, 11) is 0. The van der Waals surface area contributed by atoms with Crippen molar-refractivity contribution in [1.29, 1.82) is 0 Å². The van der Waals surface area contributed by atoms with Gasteiger partial charge >= 0.3 is 0 Å². The number of nitrogens with zero attached hydrogens (tertiary/aromatic N) is 2. The van der Waals surface area contributed by atoms with Crippen molar-refractivity contribution in [2.24, 2.45) is 0 Å². The lowest BCUT2D eigenvalue weighted by Gasteiger charge is -2.16. The highest BCUT2D eigenvalue weighted by Gasteiger charge is 2.19. The first-order chi connectivity index (χ1) is 12.9. The highest BCUT2D eigenvalue weighted by Crippen LogP contribution is 2.23. The minimum atomic E-state index is -0.348. The lowest BCUT2D eigenvalue weighted by Crippen LogP contribution is -2.29. The summed E-state index contributed by atoms with van der Waals surface area (Å²) in [6, 6.07) is 13.2. The largest absolute Gasteiger partial charge is 0.348 e. The van der Waals surface area contributed by atoms with Gasteiger partial charge in [0.05, 0.1) is 23.8 Å². The van der Waals surface area contributed by atoms with Crippen LogP contribution in [0.5, 0.6) is 0 Å². The molecule has 0 aliphatic rings. The number of nitrogens with one attached hydrogen (secondary N) is 2. The van der Waals surface area contributed by atoms with Gasteiger partial charge in [-0.3, -0.25) is 9.59 Å². The van der Waals surface area contributed by atoms with Gasteiger partial charge in [0.15, 0.2) is 0 Å². The molecule has 1 aromatic carbocycles. The van der Waals surface area contributed by atoms with Crippen molar-refractivity contribution in [2.45, 2.75) is 33.2 Å². The quantitative estimate of drug-likeness (QED) is 0.682. The van der Waals surface area contributed by atoms with Crippen LogP contribution in [0.3, 0.4) is 0 Å². The van der Waals surface area contributed by atoms with Crippen LogP contribution in [0, 0.1) is 13.8 Å². The van der Waals surface area contributed by atoms with Gasteiger partial charge in [0.25, 0.3) is 0 Å². The van der Waals surface area contributed by atoms with Crippen LogP contribution < -0.4 is 10.6 Å². The number of aryl methyl sites for hydroxylation is 2. The Morgan fingerprint density at radius 3 is 2.56 bits per heavy atom. The predicted molar refractivity (Wildman–Crippen MR) is 107 cm³/mol. The van der Waals surface area contributed by atoms with E-state index in [1.54, 1.807) is 4.68 Å². The smallest absolute Gasteiger partial charge is 0.227 e. The molecule has 2 amide bonds. The zero-order valence-electron chi connectivity index (χ0n) is 15.5. The number of amides is 2. The van der Waals surface area contributed by atoms with Gasteiger partial charge in [-0.2, -0.15) is 5.10 Å². The van der Waals surface area contributed by atoms with Gasteiger partial charge in [-0.05, 0) is 37.4 Å². The zero-order valence-corrected chi connectivity index (χ0v) is 16.3. The van der Waals surface area contributed by atoms with Gasteiger partial charge < -0.3 is 10.6 Å². The van der Waals surface area contributed by atoms with Crippen LogP contribution in [0.25, 0.3) is 5.69 Å². The molecule has 0 spiro atoms. The molecule has 2 heterocycles. The first kappa shape index (κ1) is 18.8. The standard InChI is InChI=1S/C20H22N4O2S/c1-13-6-8-16(9-7-13)24-19(11-14(2)23-24)22-20(26)12-17(21-15(3)25)18-5-4-10-27-18/h4-11,17H,12H2,1-3H3,(H,21,25)(H,22,26). The molecule has 7 heteroatoms. The summed E-state index contributed by atoms with van der Waals surface area (Å²) in [5.41, 5.74) is 2.84. The molecule has 27 heavy (non-hydrogen) atoms. The Morgan fingerprint density at radius 1 is 1.19 bits per heavy atom. The summed E-state index contributed by atoms with van der Waals surface area (Å²) in [6.45, 7) is 5.36. The SMILES string of the molecule is CC(=O)NC(CC(=O)Nc1cc(C)nn1-c1ccc(C)cc1)c1cccs1. The Hall–Kier alpha value is -2.93. The van der Waals surface area contributed by atoms with Crippen LogP contribution in [0.15, 0.2) is 47.8 Å². The third-order valence-electron chi connectivity index (χ3n) is 4.03. The van der Waals surface area contributed by atoms with E-state index < -0.39 is 0 Å². The minimum Gasteiger partial charge on any atom is -0.348 e. The van der Waals surface area contributed by atoms with E-state index in [4.69, 9.17) is 0 Å². The van der Waals surface area contributed by atoms with Crippen molar-refractivity contribution < 1.29 is 9.59 Å². The van der Waals surface area contributed by atoms with Crippen molar-refractivity contribution in [3.8, 4) is 5.69 Å². The lowest BCUT2D eigenvalue weighted by molar-refractivity contribution is -0.120. The van der Waals surface area contributed by atoms with Crippen LogP contribution in [0.2, 0.25) is 0 Å². The van der Waals surface area contributed by atoms with Crippen LogP contribution in [-0.2, 0) is 9.59 Å². The van der Waals surface area contributed by atoms with E-state index in [0.29, 0.717) is 5.82 Å². The fraction of sp³-hybridized carbons (Fsp3) is 0.250. The number of anilines is 1. The second-order valence-corrected chi connectivity index (χ2v) is 7.42. The molecule has 1 atom stereocenters. The number of rotatable bonds is 6. The lowest BCUT2D eigenvalue weighted by atomic mass is 10.1. The summed E-state index contributed by atoms with van der Waals surface area (Å²) in [4.78, 5) is 25.1. The van der Waals surface area contributed by atoms with Crippen LogP contribution in [0.1, 0.15) is 35.5 Å². The maximum absolute atomic E-state index is 12.6. The van der Waals surface area contributed by atoms with Crippen LogP contribution >= 0.6 is 11.3 Å². The maximum atomic E-state index is 12.6. The van der Waals surface area contributed by atoms with Gasteiger partial charge in [-0.1, -0.05) is 23.8 Å². The molecule has 0 aliphatic heterocycles. The monoisotopic (exact) mass is 382 g/mol. The Balaban J connectivity index is 1.77. The molecular weight excluding hydrogens is 360 g/mol. The Kier molecular flexibility index (Phi) is 5.71. The predicted octanol–water partition coefficient (Wildman–Crippen LogP) is 3.76. The van der Waals surface area contributed by atoms with Gasteiger partial charge in [0, 0.05) is 17.9 Å². The maximum Gasteiger partial charge on any atom is 0.227 e. The number of hydrogen-bond acceptors (Lipinski definition) is 4. The molecule has 0 bridgehead atoms. The van der Waals surface area contributed by atoms with Crippen molar-refractivity contribution in [1.82, 2.24) is 15.1 Å². The molecule has 0 saturated carbocycles. The second-order valence-electron chi connectivity index (χ2n) is 6.44. The van der Waals surface area contributed by atoms with Gasteiger partial charge in [0.1, 0.15) is 5.82 Å². The summed E-state index contributed by atoms with van der Waals surface area (Å²) in [6.07, 6.45) is 0.151. The molecule has 0 radical (unpaired) electrons. The third kappa shape index (κ3) is 4.83. The molecule has 6 nitrogen and oxygen atoms in total. The van der Waals surface area contributed by atoms with E-state index in [1.807, 2.05) is 61.7 Å². The average molecular weight is 382 g/mol. The van der Waals surface area contributed by atoms with Crippen molar-refractivity contribution in [3.05, 3.63) is 64.0 Å². The number of aromatic nitrogens is 2. The first-order valence-corrected chi connectivity index (χ1v) is 9.54. The van der Waals surface area contributed by atoms with E-state index >= 15 is 0 Å². The average Bonchev–Trinajstić information content (AvgIpc) is 3.24. The molecule has 3 rings (SSSR count). The third-order valence-corrected chi connectivity index (χ3v) is 5.02. The van der Waals surface area contributed by atoms with Crippen molar-refractivity contribution in [3.63, 3.8) is 0 Å². The zero-order chi connectivity index (χ0) is 19.4. The van der Waals surface area contributed by atoms with E-state index in [-0.39, 0.29) is 24.3 Å². The highest BCUT2D eigenvalue weighted by atomic mass is 32.1. The molecule has 2 N–H and O–H groups in total. The Bertz CT molecular complexity index is 930. The summed E-state index contributed by atoms with van der Waals surface area (Å²) >= 11 is 1.51. The Labute approximate surface area is 162 Å². The van der Waals surface area contributed by atoms with Gasteiger partial charge in [0.2, 0.25) is 11.8 Å². The van der Waals surface area contributed by atoms with Gasteiger partial charge in [-0.15, -0.1) is 11.3 Å². The molecule has 2 aromatic heterocycles. The minimum absolute atomic E-state index is 0.151. The molecule has 0 saturated heterocycles. The summed E-state index contributed by atoms with van der Waals surface area (Å²) in [5.74, 6) is 0.256. The normalized spacial score (nSPS) is 11.8. The van der Waals surface area contributed by atoms with Gasteiger partial charge in [-0.25, -0.2) is 4.68 Å². The fourth-order valence-corrected chi connectivity index (χ4v) is 3.59. The van der Waals surface area contributed by atoms with Crippen LogP contribution in [0.4, 0.5) is 5.82 Å². The van der Waals surface area contributed by atoms with Crippen molar-refractivity contribution in [2.75, 3.05) is 5.32 Å². The van der Waals surface area contributed by atoms with E-state index in [2.05, 4.69) is 15.7 Å². The summed E-state index contributed by atoms with van der Waals surface area (Å²) < 4.78 is 1.71. The molecule has 140 valence electrons. The number of carbonyl (C=O) groups is 2. The number of carbonyl (C=O) groups excluding carboxylic acids is 2. The topological polar surface area (TPSA) is 76.0 Å². The Morgan fingerprint density at radius 2 is 1.93 bits per heavy atom. The van der Waals surface area contributed by atoms with E-state index in [1.165, 1.54) is 18.3 Å². The number of hydrogen-bond donors (Lipinski definition) is 2. The summed E-state index contributed by atoms with van der Waals surface area (Å²) in [5, 5.41) is 12.2. The number of benzene rings is 1. The van der Waals surface area contributed by atoms with Crippen molar-refractivity contribution >= 4 is 29.0 Å². The highest BCUT2D eigenvalue weighted by molar-refractivity contribution is 7.10. The van der Waals surface area contributed by atoms with Crippen LogP contribution in [-0.4, -0.2) is 21.6 Å². The fourth-order valence-electron chi connectivity index (χ4n) is 2.81. The molecule has 0 fully saturated rings. The molecule has 0 aliphatic carbocycles. The number of thiophene rings is 1. The molecular formula is C20H22N4O2S. The van der Waals surface area contributed by atoms with E-state index in [0.717, 1.165) is 21.8 Å². The first-order valence-electron chi connectivity index (χ1n) is 8.66. The molecule has 1 unspecified atom stereocenters. The second kappa shape index (κ2) is 8.18. The van der Waals surface area contributed by atoms with E-state index in [9.17, 15) is 9.59 Å².